The molecule has 0 bridgehead atoms. The minimum atomic E-state index is -0.924. The predicted octanol–water partition coefficient (Wildman–Crippen LogP) is 1.18. The van der Waals surface area contributed by atoms with Crippen molar-refractivity contribution < 1.29 is 19.4 Å². The third kappa shape index (κ3) is 10.8. The first-order valence-electron chi connectivity index (χ1n) is 5.42. The summed E-state index contributed by atoms with van der Waals surface area (Å²) >= 11 is 0. The summed E-state index contributed by atoms with van der Waals surface area (Å²) in [6.07, 6.45) is 3.91. The topological polar surface area (TPSA) is 96.3 Å². The molecule has 1 rings (SSSR count). The van der Waals surface area contributed by atoms with Gasteiger partial charge in [0.1, 0.15) is 12.5 Å². The molecule has 0 heterocycles. The molecule has 1 aliphatic carbocycles. The standard InChI is InChI=1S/C5H10N2O4.C5H8O/c1-7(6-10)4-11-3-2-5(8)9;6-5-3-1-2-4-5/h2-4H2,1H3,(H,8,9);1-4H2. The highest BCUT2D eigenvalue weighted by atomic mass is 16.5. The lowest BCUT2D eigenvalue weighted by Gasteiger charge is -2.07. The second kappa shape index (κ2) is 9.71. The Hall–Kier alpha value is -1.50. The highest BCUT2D eigenvalue weighted by Crippen LogP contribution is 2.11. The number of ether oxygens (including phenoxy) is 1. The third-order valence-corrected chi connectivity index (χ3v) is 2.04. The molecule has 1 fully saturated rings. The van der Waals surface area contributed by atoms with Crippen molar-refractivity contribution in [3.63, 3.8) is 0 Å². The number of hydrogen-bond donors (Lipinski definition) is 1. The summed E-state index contributed by atoms with van der Waals surface area (Å²) in [5.74, 6) is -0.471. The summed E-state index contributed by atoms with van der Waals surface area (Å²) in [6.45, 7) is 0.117. The van der Waals surface area contributed by atoms with E-state index in [1.807, 2.05) is 0 Å². The van der Waals surface area contributed by atoms with E-state index in [0.717, 1.165) is 30.7 Å². The molecule has 7 heteroatoms. The fourth-order valence-corrected chi connectivity index (χ4v) is 1.15. The van der Waals surface area contributed by atoms with E-state index in [4.69, 9.17) is 9.84 Å². The van der Waals surface area contributed by atoms with E-state index in [1.54, 1.807) is 0 Å². The molecule has 0 radical (unpaired) electrons. The zero-order valence-electron chi connectivity index (χ0n) is 9.92. The highest BCUT2D eigenvalue weighted by Gasteiger charge is 2.07. The Bertz CT molecular complexity index is 249. The van der Waals surface area contributed by atoms with E-state index in [0.29, 0.717) is 5.78 Å². The van der Waals surface area contributed by atoms with Crippen molar-refractivity contribution in [1.29, 1.82) is 0 Å². The minimum Gasteiger partial charge on any atom is -0.481 e. The van der Waals surface area contributed by atoms with Gasteiger partial charge in [-0.2, -0.15) is 0 Å². The number of Topliss-reactive ketones (excluding diaryl/α,β-unsaturated/α-hetero) is 1. The molecule has 17 heavy (non-hydrogen) atoms. The second-order valence-electron chi connectivity index (χ2n) is 3.67. The third-order valence-electron chi connectivity index (χ3n) is 2.04. The molecule has 0 saturated heterocycles. The lowest BCUT2D eigenvalue weighted by molar-refractivity contribution is -0.138. The van der Waals surface area contributed by atoms with Crippen LogP contribution in [0, 0.1) is 4.91 Å². The minimum absolute atomic E-state index is 0.0246. The molecule has 0 unspecified atom stereocenters. The van der Waals surface area contributed by atoms with Crippen LogP contribution in [0.5, 0.6) is 0 Å². The van der Waals surface area contributed by atoms with Crippen LogP contribution in [-0.2, 0) is 14.3 Å². The van der Waals surface area contributed by atoms with Crippen LogP contribution in [0.3, 0.4) is 0 Å². The maximum Gasteiger partial charge on any atom is 0.305 e. The van der Waals surface area contributed by atoms with Gasteiger partial charge >= 0.3 is 5.97 Å². The molecule has 7 nitrogen and oxygen atoms in total. The van der Waals surface area contributed by atoms with Gasteiger partial charge in [-0.3, -0.25) is 9.59 Å². The van der Waals surface area contributed by atoms with Crippen molar-refractivity contribution in [2.75, 3.05) is 20.4 Å². The van der Waals surface area contributed by atoms with E-state index < -0.39 is 5.97 Å². The van der Waals surface area contributed by atoms with Gasteiger partial charge in [-0.1, -0.05) is 0 Å². The van der Waals surface area contributed by atoms with E-state index in [9.17, 15) is 14.5 Å². The van der Waals surface area contributed by atoms with E-state index in [2.05, 4.69) is 5.29 Å². The van der Waals surface area contributed by atoms with Crippen LogP contribution in [-0.4, -0.2) is 42.3 Å². The van der Waals surface area contributed by atoms with Crippen molar-refractivity contribution in [3.8, 4) is 0 Å². The van der Waals surface area contributed by atoms with Gasteiger partial charge in [-0.25, -0.2) is 5.01 Å². The monoisotopic (exact) mass is 246 g/mol. The number of carboxylic acids is 1. The Kier molecular flexibility index (Phi) is 8.85. The summed E-state index contributed by atoms with van der Waals surface area (Å²) in [7, 11) is 1.44. The zero-order valence-corrected chi connectivity index (χ0v) is 9.92. The molecule has 0 spiro atoms. The molecule has 0 aromatic rings. The number of carbonyl (C=O) groups excluding carboxylic acids is 1. The van der Waals surface area contributed by atoms with Crippen LogP contribution in [0.25, 0.3) is 0 Å². The Morgan fingerprint density at radius 3 is 2.41 bits per heavy atom. The molecule has 0 atom stereocenters. The van der Waals surface area contributed by atoms with Gasteiger partial charge in [0.05, 0.1) is 18.3 Å². The maximum atomic E-state index is 10.2. The van der Waals surface area contributed by atoms with Crippen LogP contribution in [0.4, 0.5) is 0 Å². The number of carbonyl (C=O) groups is 2. The number of nitrogens with zero attached hydrogens (tertiary/aromatic N) is 2. The van der Waals surface area contributed by atoms with Crippen molar-refractivity contribution in [1.82, 2.24) is 5.01 Å². The number of hydrogen-bond acceptors (Lipinski definition) is 5. The average molecular weight is 246 g/mol. The molecular weight excluding hydrogens is 228 g/mol. The Labute approximate surface area is 99.7 Å². The van der Waals surface area contributed by atoms with E-state index >= 15 is 0 Å². The van der Waals surface area contributed by atoms with Crippen LogP contribution in [0.1, 0.15) is 32.1 Å². The fraction of sp³-hybridized carbons (Fsp3) is 0.800. The van der Waals surface area contributed by atoms with Gasteiger partial charge in [0.15, 0.2) is 0 Å². The average Bonchev–Trinajstić information content (AvgIpc) is 2.76. The molecule has 0 aliphatic heterocycles. The fourth-order valence-electron chi connectivity index (χ4n) is 1.15. The van der Waals surface area contributed by atoms with Crippen molar-refractivity contribution in [2.45, 2.75) is 32.1 Å². The number of carboxylic acid groups (broad SMARTS) is 1. The summed E-state index contributed by atoms with van der Waals surface area (Å²) < 4.78 is 4.75. The summed E-state index contributed by atoms with van der Waals surface area (Å²) in [6, 6.07) is 0. The van der Waals surface area contributed by atoms with Gasteiger partial charge in [0, 0.05) is 19.9 Å². The SMILES string of the molecule is CN(COCCC(=O)O)N=O.O=C1CCCC1. The van der Waals surface area contributed by atoms with Crippen molar-refractivity contribution >= 4 is 11.8 Å². The Balaban J connectivity index is 0.000000354. The van der Waals surface area contributed by atoms with Crippen LogP contribution >= 0.6 is 0 Å². The molecule has 98 valence electrons. The van der Waals surface area contributed by atoms with Gasteiger partial charge in [0.2, 0.25) is 0 Å². The van der Waals surface area contributed by atoms with Crippen LogP contribution in [0.2, 0.25) is 0 Å². The van der Waals surface area contributed by atoms with Gasteiger partial charge < -0.3 is 9.84 Å². The lowest BCUT2D eigenvalue weighted by Crippen LogP contribution is -2.16. The van der Waals surface area contributed by atoms with Gasteiger partial charge in [-0.05, 0) is 12.8 Å². The van der Waals surface area contributed by atoms with Crippen molar-refractivity contribution in [2.24, 2.45) is 5.29 Å². The molecule has 1 N–H and O–H groups in total. The normalized spacial score (nSPS) is 13.8. The number of ketones is 1. The van der Waals surface area contributed by atoms with E-state index in [-0.39, 0.29) is 19.8 Å². The number of aliphatic carboxylic acids is 1. The second-order valence-corrected chi connectivity index (χ2v) is 3.67. The summed E-state index contributed by atoms with van der Waals surface area (Å²) in [5.41, 5.74) is 0. The van der Waals surface area contributed by atoms with Crippen LogP contribution < -0.4 is 0 Å². The van der Waals surface area contributed by atoms with Gasteiger partial charge in [0.25, 0.3) is 0 Å². The predicted molar refractivity (Wildman–Crippen MR) is 60.1 cm³/mol. The molecule has 1 saturated carbocycles. The molecule has 0 amide bonds. The molecule has 0 aromatic carbocycles. The number of rotatable bonds is 6. The first kappa shape index (κ1) is 15.5. The van der Waals surface area contributed by atoms with Crippen molar-refractivity contribution in [3.05, 3.63) is 4.91 Å². The first-order valence-corrected chi connectivity index (χ1v) is 5.42. The molecular formula is C10H18N2O5. The summed E-state index contributed by atoms with van der Waals surface area (Å²) in [4.78, 5) is 29.9. The maximum absolute atomic E-state index is 10.2. The van der Waals surface area contributed by atoms with Gasteiger partial charge in [-0.15, -0.1) is 4.91 Å². The highest BCUT2D eigenvalue weighted by molar-refractivity contribution is 5.80. The Morgan fingerprint density at radius 1 is 1.47 bits per heavy atom. The Morgan fingerprint density at radius 2 is 2.06 bits per heavy atom. The quantitative estimate of drug-likeness (QED) is 0.327. The number of nitroso groups, excluding NO2 is 1. The summed E-state index contributed by atoms with van der Waals surface area (Å²) in [5, 5.41) is 11.7. The zero-order chi connectivity index (χ0) is 13.1. The van der Waals surface area contributed by atoms with E-state index in [1.165, 1.54) is 7.05 Å². The van der Waals surface area contributed by atoms with Crippen LogP contribution in [0.15, 0.2) is 5.29 Å². The molecule has 0 aromatic heterocycles. The lowest BCUT2D eigenvalue weighted by atomic mass is 10.4. The smallest absolute Gasteiger partial charge is 0.305 e. The first-order chi connectivity index (χ1) is 8.06. The largest absolute Gasteiger partial charge is 0.481 e. The molecule has 1 aliphatic rings.